The highest BCUT2D eigenvalue weighted by atomic mass is 16.1. The number of hydrogen-bond acceptors (Lipinski definition) is 2. The SMILES string of the molecule is Cc1cccc(C(C)(C)C)c1Nc1cccccc1=O. The molecule has 1 N–H and O–H groups in total. The van der Waals surface area contributed by atoms with Crippen LogP contribution in [0.25, 0.3) is 0 Å². The number of para-hydroxylation sites is 1. The minimum Gasteiger partial charge on any atom is -0.352 e. The molecular formula is C18H21NO. The van der Waals surface area contributed by atoms with Crippen molar-refractivity contribution in [2.24, 2.45) is 0 Å². The van der Waals surface area contributed by atoms with Gasteiger partial charge in [0.1, 0.15) is 0 Å². The molecule has 0 bridgehead atoms. The van der Waals surface area contributed by atoms with Gasteiger partial charge in [0.2, 0.25) is 5.43 Å². The second-order valence-electron chi connectivity index (χ2n) is 6.06. The Bertz CT molecular complexity index is 669. The molecule has 0 saturated carbocycles. The van der Waals surface area contributed by atoms with E-state index in [0.717, 1.165) is 11.3 Å². The number of aryl methyl sites for hydroxylation is 1. The van der Waals surface area contributed by atoms with Crippen molar-refractivity contribution >= 4 is 11.4 Å². The summed E-state index contributed by atoms with van der Waals surface area (Å²) in [6, 6.07) is 15.1. The van der Waals surface area contributed by atoms with Crippen LogP contribution in [0.2, 0.25) is 0 Å². The Morgan fingerprint density at radius 2 is 1.60 bits per heavy atom. The van der Waals surface area contributed by atoms with Gasteiger partial charge < -0.3 is 5.32 Å². The van der Waals surface area contributed by atoms with Crippen molar-refractivity contribution in [1.29, 1.82) is 0 Å². The van der Waals surface area contributed by atoms with Gasteiger partial charge in [-0.15, -0.1) is 0 Å². The van der Waals surface area contributed by atoms with Gasteiger partial charge in [-0.1, -0.05) is 57.2 Å². The second-order valence-corrected chi connectivity index (χ2v) is 6.06. The van der Waals surface area contributed by atoms with Crippen LogP contribution in [0.1, 0.15) is 31.9 Å². The molecule has 0 spiro atoms. The molecule has 0 fully saturated rings. The summed E-state index contributed by atoms with van der Waals surface area (Å²) in [5, 5.41) is 3.32. The maximum Gasteiger partial charge on any atom is 0.201 e. The van der Waals surface area contributed by atoms with Gasteiger partial charge in [0, 0.05) is 5.69 Å². The van der Waals surface area contributed by atoms with E-state index in [1.54, 1.807) is 12.1 Å². The highest BCUT2D eigenvalue weighted by molar-refractivity contribution is 5.67. The topological polar surface area (TPSA) is 29.1 Å². The lowest BCUT2D eigenvalue weighted by Gasteiger charge is -2.24. The molecule has 20 heavy (non-hydrogen) atoms. The molecule has 0 amide bonds. The molecule has 2 aromatic rings. The van der Waals surface area contributed by atoms with Crippen LogP contribution in [0.3, 0.4) is 0 Å². The van der Waals surface area contributed by atoms with Crippen LogP contribution in [0.4, 0.5) is 11.4 Å². The highest BCUT2D eigenvalue weighted by Gasteiger charge is 2.19. The van der Waals surface area contributed by atoms with E-state index in [9.17, 15) is 4.79 Å². The molecular weight excluding hydrogens is 246 g/mol. The summed E-state index contributed by atoms with van der Waals surface area (Å²) in [6.07, 6.45) is 0. The number of rotatable bonds is 2. The first-order valence-corrected chi connectivity index (χ1v) is 6.86. The van der Waals surface area contributed by atoms with E-state index in [2.05, 4.69) is 51.2 Å². The average molecular weight is 267 g/mol. The first-order chi connectivity index (χ1) is 9.39. The normalized spacial score (nSPS) is 11.2. The number of hydrogen-bond donors (Lipinski definition) is 1. The zero-order valence-electron chi connectivity index (χ0n) is 12.5. The van der Waals surface area contributed by atoms with Crippen LogP contribution >= 0.6 is 0 Å². The van der Waals surface area contributed by atoms with Crippen LogP contribution < -0.4 is 10.7 Å². The molecule has 0 aliphatic carbocycles. The number of nitrogens with one attached hydrogen (secondary N) is 1. The molecule has 0 heterocycles. The van der Waals surface area contributed by atoms with Gasteiger partial charge in [-0.25, -0.2) is 0 Å². The summed E-state index contributed by atoms with van der Waals surface area (Å²) < 4.78 is 0. The Kier molecular flexibility index (Phi) is 3.93. The predicted octanol–water partition coefficient (Wildman–Crippen LogP) is 4.40. The number of benzene rings is 1. The van der Waals surface area contributed by atoms with Crippen molar-refractivity contribution < 1.29 is 0 Å². The minimum absolute atomic E-state index is 0.00175. The zero-order chi connectivity index (χ0) is 14.8. The van der Waals surface area contributed by atoms with E-state index in [4.69, 9.17) is 0 Å². The predicted molar refractivity (Wildman–Crippen MR) is 85.9 cm³/mol. The standard InChI is InChI=1S/C18H21NO/c1-13-9-8-10-14(18(2,3)4)17(13)19-15-11-6-5-7-12-16(15)20/h5-12H,1-4H3,(H,19,20). The molecule has 2 aromatic carbocycles. The Hall–Kier alpha value is -2.09. The fraction of sp³-hybridized carbons (Fsp3) is 0.278. The van der Waals surface area contributed by atoms with Gasteiger partial charge >= 0.3 is 0 Å². The van der Waals surface area contributed by atoms with E-state index in [1.807, 2.05) is 18.2 Å². The summed E-state index contributed by atoms with van der Waals surface area (Å²) in [4.78, 5) is 12.0. The number of anilines is 2. The van der Waals surface area contributed by atoms with E-state index >= 15 is 0 Å². The Morgan fingerprint density at radius 3 is 2.30 bits per heavy atom. The highest BCUT2D eigenvalue weighted by Crippen LogP contribution is 2.33. The van der Waals surface area contributed by atoms with Crippen LogP contribution in [0.5, 0.6) is 0 Å². The molecule has 0 atom stereocenters. The molecule has 0 saturated heterocycles. The lowest BCUT2D eigenvalue weighted by atomic mass is 9.84. The van der Waals surface area contributed by atoms with Crippen molar-refractivity contribution in [3.8, 4) is 0 Å². The molecule has 2 heteroatoms. The van der Waals surface area contributed by atoms with Crippen LogP contribution in [0.15, 0.2) is 53.3 Å². The van der Waals surface area contributed by atoms with Crippen LogP contribution in [-0.2, 0) is 5.41 Å². The van der Waals surface area contributed by atoms with E-state index < -0.39 is 0 Å². The first kappa shape index (κ1) is 14.3. The van der Waals surface area contributed by atoms with Crippen LogP contribution in [0, 0.1) is 6.92 Å². The van der Waals surface area contributed by atoms with Crippen molar-refractivity contribution in [2.75, 3.05) is 5.32 Å². The van der Waals surface area contributed by atoms with Gasteiger partial charge in [-0.2, -0.15) is 0 Å². The molecule has 2 rings (SSSR count). The maximum atomic E-state index is 12.0. The fourth-order valence-electron chi connectivity index (χ4n) is 2.23. The van der Waals surface area contributed by atoms with E-state index in [-0.39, 0.29) is 10.8 Å². The molecule has 0 aliphatic heterocycles. The smallest absolute Gasteiger partial charge is 0.201 e. The van der Waals surface area contributed by atoms with Gasteiger partial charge in [0.15, 0.2) is 0 Å². The second kappa shape index (κ2) is 5.49. The molecule has 0 unspecified atom stereocenters. The third-order valence-corrected chi connectivity index (χ3v) is 3.34. The average Bonchev–Trinajstić information content (AvgIpc) is 2.56. The zero-order valence-corrected chi connectivity index (χ0v) is 12.5. The van der Waals surface area contributed by atoms with E-state index in [1.165, 1.54) is 5.56 Å². The van der Waals surface area contributed by atoms with Crippen molar-refractivity contribution in [3.05, 3.63) is 69.9 Å². The molecule has 104 valence electrons. The fourth-order valence-corrected chi connectivity index (χ4v) is 2.23. The summed E-state index contributed by atoms with van der Waals surface area (Å²) in [5.41, 5.74) is 4.01. The monoisotopic (exact) mass is 267 g/mol. The summed E-state index contributed by atoms with van der Waals surface area (Å²) in [5.74, 6) is 0. The summed E-state index contributed by atoms with van der Waals surface area (Å²) >= 11 is 0. The van der Waals surface area contributed by atoms with Crippen molar-refractivity contribution in [2.45, 2.75) is 33.1 Å². The van der Waals surface area contributed by atoms with Crippen molar-refractivity contribution in [3.63, 3.8) is 0 Å². The summed E-state index contributed by atoms with van der Waals surface area (Å²) in [7, 11) is 0. The summed E-state index contributed by atoms with van der Waals surface area (Å²) in [6.45, 7) is 8.59. The van der Waals surface area contributed by atoms with Gasteiger partial charge in [-0.05, 0) is 35.6 Å². The largest absolute Gasteiger partial charge is 0.352 e. The Labute approximate surface area is 120 Å². The van der Waals surface area contributed by atoms with Gasteiger partial charge in [-0.3, -0.25) is 4.79 Å². The molecule has 0 radical (unpaired) electrons. The maximum absolute atomic E-state index is 12.0. The Balaban J connectivity index is 2.55. The molecule has 2 nitrogen and oxygen atoms in total. The van der Waals surface area contributed by atoms with Crippen molar-refractivity contribution in [1.82, 2.24) is 0 Å². The van der Waals surface area contributed by atoms with Gasteiger partial charge in [0.25, 0.3) is 0 Å². The lowest BCUT2D eigenvalue weighted by molar-refractivity contribution is 0.592. The van der Waals surface area contributed by atoms with Gasteiger partial charge in [0.05, 0.1) is 5.69 Å². The Morgan fingerprint density at radius 1 is 0.900 bits per heavy atom. The van der Waals surface area contributed by atoms with E-state index in [0.29, 0.717) is 5.69 Å². The quantitative estimate of drug-likeness (QED) is 0.874. The molecule has 0 aromatic heterocycles. The minimum atomic E-state index is -0.00175. The third-order valence-electron chi connectivity index (χ3n) is 3.34. The molecule has 0 aliphatic rings. The lowest BCUT2D eigenvalue weighted by Crippen LogP contribution is -2.15. The van der Waals surface area contributed by atoms with Crippen LogP contribution in [-0.4, -0.2) is 0 Å². The first-order valence-electron chi connectivity index (χ1n) is 6.86. The third kappa shape index (κ3) is 3.08.